The van der Waals surface area contributed by atoms with E-state index in [1.54, 1.807) is 0 Å². The fraction of sp³-hybridized carbons (Fsp3) is 0.794. The molecule has 4 nitrogen and oxygen atoms in total. The molecule has 0 bridgehead atoms. The van der Waals surface area contributed by atoms with Gasteiger partial charge in [-0.25, -0.2) is 0 Å². The number of aromatic hydroxyl groups is 1. The van der Waals surface area contributed by atoms with Crippen LogP contribution in [0.2, 0.25) is 0 Å². The molecule has 1 amide bonds. The quantitative estimate of drug-likeness (QED) is 0.242. The molecule has 2 saturated carbocycles. The minimum Gasteiger partial charge on any atom is -0.508 e. The number of phenols is 1. The Morgan fingerprint density at radius 3 is 2.47 bits per heavy atom. The fourth-order valence-corrected chi connectivity index (χ4v) is 8.58. The van der Waals surface area contributed by atoms with E-state index in [0.29, 0.717) is 41.7 Å². The highest BCUT2D eigenvalue weighted by atomic mass is 16.3. The van der Waals surface area contributed by atoms with Crippen LogP contribution in [0.4, 0.5) is 0 Å². The molecular weight excluding hydrogens is 470 g/mol. The molecule has 0 heterocycles. The maximum absolute atomic E-state index is 12.1. The fourth-order valence-electron chi connectivity index (χ4n) is 8.58. The molecule has 0 radical (unpaired) electrons. The van der Waals surface area contributed by atoms with E-state index in [-0.39, 0.29) is 11.5 Å². The first kappa shape index (κ1) is 29.4. The lowest BCUT2D eigenvalue weighted by molar-refractivity contribution is -0.130. The smallest absolute Gasteiger partial charge is 0.222 e. The monoisotopic (exact) mass is 525 g/mol. The molecule has 38 heavy (non-hydrogen) atoms. The molecule has 0 spiro atoms. The minimum atomic E-state index is -0.141. The van der Waals surface area contributed by atoms with Crippen molar-refractivity contribution >= 4 is 5.91 Å². The topological polar surface area (TPSA) is 60.8 Å². The molecule has 4 heteroatoms. The van der Waals surface area contributed by atoms with E-state index in [4.69, 9.17) is 0 Å². The number of benzene rings is 1. The van der Waals surface area contributed by atoms with Crippen molar-refractivity contribution in [2.24, 2.45) is 23.2 Å². The van der Waals surface area contributed by atoms with Crippen molar-refractivity contribution in [1.82, 2.24) is 4.90 Å². The van der Waals surface area contributed by atoms with E-state index >= 15 is 0 Å². The van der Waals surface area contributed by atoms with Gasteiger partial charge in [-0.15, -0.1) is 0 Å². The Hall–Kier alpha value is -1.55. The van der Waals surface area contributed by atoms with Crippen LogP contribution in [-0.4, -0.2) is 40.7 Å². The van der Waals surface area contributed by atoms with Crippen molar-refractivity contribution < 1.29 is 15.0 Å². The number of amides is 1. The maximum Gasteiger partial charge on any atom is 0.222 e. The molecule has 0 aliphatic heterocycles. The third-order valence-corrected chi connectivity index (χ3v) is 10.8. The van der Waals surface area contributed by atoms with E-state index in [0.717, 1.165) is 45.1 Å². The van der Waals surface area contributed by atoms with E-state index in [1.165, 1.54) is 75.3 Å². The van der Waals surface area contributed by atoms with Crippen molar-refractivity contribution in [1.29, 1.82) is 0 Å². The Kier molecular flexibility index (Phi) is 10.6. The van der Waals surface area contributed by atoms with Crippen molar-refractivity contribution in [3.63, 3.8) is 0 Å². The van der Waals surface area contributed by atoms with Gasteiger partial charge in [0.1, 0.15) is 5.75 Å². The Balaban J connectivity index is 1.15. The average molecular weight is 526 g/mol. The number of aryl methyl sites for hydroxylation is 1. The van der Waals surface area contributed by atoms with Crippen LogP contribution < -0.4 is 0 Å². The summed E-state index contributed by atoms with van der Waals surface area (Å²) < 4.78 is 0. The van der Waals surface area contributed by atoms with Gasteiger partial charge in [-0.2, -0.15) is 0 Å². The Morgan fingerprint density at radius 1 is 1.03 bits per heavy atom. The summed E-state index contributed by atoms with van der Waals surface area (Å²) in [6.07, 6.45) is 19.7. The number of rotatable bonds is 14. The van der Waals surface area contributed by atoms with Gasteiger partial charge < -0.3 is 15.1 Å². The summed E-state index contributed by atoms with van der Waals surface area (Å²) in [6, 6.07) is 6.06. The summed E-state index contributed by atoms with van der Waals surface area (Å²) >= 11 is 0. The standard InChI is InChI=1S/C34H55NO3/c1-4-5-22-35(3)32(38)15-13-11-9-7-6-8-10-12-14-26-24-31(37)34(2)21-20-29-28-19-17-27(36)23-25(28)16-18-30(29)33(26)34/h17,19,23,26,29-31,33,36-37H,4-16,18,20-22,24H2,1-3H3/t26-,29?,30?,31-,33?,34+/m0/s1. The lowest BCUT2D eigenvalue weighted by Crippen LogP contribution is -2.45. The highest BCUT2D eigenvalue weighted by Gasteiger charge is 2.58. The summed E-state index contributed by atoms with van der Waals surface area (Å²) in [5.41, 5.74) is 2.93. The highest BCUT2D eigenvalue weighted by molar-refractivity contribution is 5.75. The zero-order valence-corrected chi connectivity index (χ0v) is 24.6. The van der Waals surface area contributed by atoms with E-state index in [1.807, 2.05) is 24.1 Å². The third-order valence-electron chi connectivity index (χ3n) is 10.8. The number of hydrogen-bond donors (Lipinski definition) is 2. The Labute approximate surface area is 232 Å². The number of nitrogens with zero attached hydrogens (tertiary/aromatic N) is 1. The molecule has 2 N–H and O–H groups in total. The second-order valence-corrected chi connectivity index (χ2v) is 13.3. The molecular formula is C34H55NO3. The van der Waals surface area contributed by atoms with Crippen LogP contribution in [0.3, 0.4) is 0 Å². The summed E-state index contributed by atoms with van der Waals surface area (Å²) in [7, 11) is 1.94. The predicted molar refractivity (Wildman–Crippen MR) is 156 cm³/mol. The summed E-state index contributed by atoms with van der Waals surface area (Å²) in [5, 5.41) is 21.1. The molecule has 214 valence electrons. The summed E-state index contributed by atoms with van der Waals surface area (Å²) in [4.78, 5) is 14.0. The lowest BCUT2D eigenvalue weighted by atomic mass is 9.53. The van der Waals surface area contributed by atoms with Crippen molar-refractivity contribution in [3.05, 3.63) is 29.3 Å². The molecule has 1 aromatic carbocycles. The Morgan fingerprint density at radius 2 is 1.74 bits per heavy atom. The minimum absolute atomic E-state index is 0.0897. The van der Waals surface area contributed by atoms with Gasteiger partial charge in [-0.3, -0.25) is 4.79 Å². The van der Waals surface area contributed by atoms with Gasteiger partial charge in [0.05, 0.1) is 6.10 Å². The highest BCUT2D eigenvalue weighted by Crippen LogP contribution is 2.63. The predicted octanol–water partition coefficient (Wildman–Crippen LogP) is 7.99. The van der Waals surface area contributed by atoms with E-state index in [2.05, 4.69) is 19.9 Å². The number of fused-ring (bicyclic) bond motifs is 5. The molecule has 2 fully saturated rings. The van der Waals surface area contributed by atoms with Gasteiger partial charge in [0.2, 0.25) is 5.91 Å². The van der Waals surface area contributed by atoms with Crippen LogP contribution in [0.1, 0.15) is 134 Å². The SMILES string of the molecule is CCCCN(C)C(=O)CCCCCCCCCC[C@H]1C[C@H](O)[C@@]2(C)CCC3c4ccc(O)cc4CCC3C12. The van der Waals surface area contributed by atoms with Crippen LogP contribution in [0.5, 0.6) is 5.75 Å². The number of carbonyl (C=O) groups is 1. The normalized spacial score (nSPS) is 29.9. The van der Waals surface area contributed by atoms with Crippen LogP contribution in [-0.2, 0) is 11.2 Å². The number of carbonyl (C=O) groups excluding carboxylic acids is 1. The second-order valence-electron chi connectivity index (χ2n) is 13.3. The number of phenolic OH excluding ortho intramolecular Hbond substituents is 1. The third kappa shape index (κ3) is 6.77. The van der Waals surface area contributed by atoms with E-state index in [9.17, 15) is 15.0 Å². The number of unbranched alkanes of at least 4 members (excludes halogenated alkanes) is 8. The molecule has 3 unspecified atom stereocenters. The maximum atomic E-state index is 12.1. The van der Waals surface area contributed by atoms with Crippen LogP contribution in [0.25, 0.3) is 0 Å². The molecule has 1 aromatic rings. The van der Waals surface area contributed by atoms with Crippen molar-refractivity contribution in [2.75, 3.05) is 13.6 Å². The molecule has 0 saturated heterocycles. The van der Waals surface area contributed by atoms with E-state index < -0.39 is 0 Å². The Bertz CT molecular complexity index is 900. The summed E-state index contributed by atoms with van der Waals surface area (Å²) in [6.45, 7) is 5.46. The van der Waals surface area contributed by atoms with Gasteiger partial charge in [0.25, 0.3) is 0 Å². The average Bonchev–Trinajstić information content (AvgIpc) is 3.17. The first-order valence-corrected chi connectivity index (χ1v) is 16.1. The molecule has 3 aliphatic carbocycles. The summed E-state index contributed by atoms with van der Waals surface area (Å²) in [5.74, 6) is 3.31. The number of aliphatic hydroxyl groups excluding tert-OH is 1. The lowest BCUT2D eigenvalue weighted by Gasteiger charge is -2.51. The van der Waals surface area contributed by atoms with Gasteiger partial charge in [0.15, 0.2) is 0 Å². The first-order valence-electron chi connectivity index (χ1n) is 16.1. The van der Waals surface area contributed by atoms with Gasteiger partial charge in [0, 0.05) is 20.0 Å². The zero-order valence-electron chi connectivity index (χ0n) is 24.6. The second kappa shape index (κ2) is 13.7. The van der Waals surface area contributed by atoms with Crippen LogP contribution in [0, 0.1) is 23.2 Å². The zero-order chi connectivity index (χ0) is 27.1. The van der Waals surface area contributed by atoms with Gasteiger partial charge >= 0.3 is 0 Å². The van der Waals surface area contributed by atoms with Gasteiger partial charge in [-0.1, -0.05) is 77.7 Å². The van der Waals surface area contributed by atoms with Crippen LogP contribution >= 0.6 is 0 Å². The number of aliphatic hydroxyl groups is 1. The first-order chi connectivity index (χ1) is 18.3. The molecule has 4 rings (SSSR count). The van der Waals surface area contributed by atoms with Crippen molar-refractivity contribution in [2.45, 2.75) is 135 Å². The largest absolute Gasteiger partial charge is 0.508 e. The van der Waals surface area contributed by atoms with Crippen LogP contribution in [0.15, 0.2) is 18.2 Å². The van der Waals surface area contributed by atoms with Crippen molar-refractivity contribution in [3.8, 4) is 5.75 Å². The molecule has 3 aliphatic rings. The molecule has 0 aromatic heterocycles. The number of hydrogen-bond acceptors (Lipinski definition) is 3. The molecule has 6 atom stereocenters. The van der Waals surface area contributed by atoms with Gasteiger partial charge in [-0.05, 0) is 97.3 Å².